The third-order valence-corrected chi connectivity index (χ3v) is 5.34. The summed E-state index contributed by atoms with van der Waals surface area (Å²) in [4.78, 5) is 0. The molecule has 24 heavy (non-hydrogen) atoms. The molecule has 4 nitrogen and oxygen atoms in total. The molecule has 5 heteroatoms. The fourth-order valence-electron chi connectivity index (χ4n) is 3.28. The number of hydrogen-bond acceptors (Lipinski definition) is 3. The molecule has 2 aromatic carbocycles. The molecule has 0 N–H and O–H groups in total. The lowest BCUT2D eigenvalue weighted by Gasteiger charge is -2.17. The normalized spacial score (nSPS) is 21.4. The van der Waals surface area contributed by atoms with Gasteiger partial charge in [0.25, 0.3) is 0 Å². The van der Waals surface area contributed by atoms with Crippen molar-refractivity contribution in [2.75, 3.05) is 12.3 Å². The lowest BCUT2D eigenvalue weighted by Crippen LogP contribution is -2.27. The van der Waals surface area contributed by atoms with Gasteiger partial charge in [0.1, 0.15) is 6.54 Å². The summed E-state index contributed by atoms with van der Waals surface area (Å²) in [5.74, 6) is -0.520. The first kappa shape index (κ1) is 11.0. The first-order valence-corrected chi connectivity index (χ1v) is 9.37. The van der Waals surface area contributed by atoms with Gasteiger partial charge >= 0.3 is 0 Å². The second-order valence-corrected chi connectivity index (χ2v) is 7.66. The molecule has 0 saturated heterocycles. The molecule has 2 aromatic rings. The van der Waals surface area contributed by atoms with Crippen molar-refractivity contribution in [3.8, 4) is 0 Å². The minimum Gasteiger partial charge on any atom is -0.748 e. The van der Waals surface area contributed by atoms with Crippen LogP contribution in [0.4, 0.5) is 5.69 Å². The van der Waals surface area contributed by atoms with Gasteiger partial charge < -0.3 is 4.55 Å². The molecule has 0 unspecified atom stereocenters. The third kappa shape index (κ3) is 2.98. The molecule has 0 spiro atoms. The Morgan fingerprint density at radius 3 is 2.62 bits per heavy atom. The summed E-state index contributed by atoms with van der Waals surface area (Å²) in [5, 5.41) is 1.30. The second-order valence-electron chi connectivity index (χ2n) is 6.14. The van der Waals surface area contributed by atoms with E-state index < -0.39 is 35.0 Å². The highest BCUT2D eigenvalue weighted by atomic mass is 32.2. The molecule has 0 fully saturated rings. The van der Waals surface area contributed by atoms with E-state index in [1.165, 1.54) is 6.92 Å². The van der Waals surface area contributed by atoms with E-state index in [1.807, 2.05) is 6.07 Å². The number of benzene rings is 2. The van der Waals surface area contributed by atoms with E-state index >= 15 is 0 Å². The molecule has 0 aromatic heterocycles. The zero-order valence-corrected chi connectivity index (χ0v) is 14.2. The molecule has 0 radical (unpaired) electrons. The van der Waals surface area contributed by atoms with Crippen molar-refractivity contribution < 1.29 is 25.8 Å². The number of hydrogen-bond donors (Lipinski definition) is 0. The van der Waals surface area contributed by atoms with Gasteiger partial charge in [0.05, 0.1) is 15.5 Å². The molecule has 1 aliphatic heterocycles. The van der Waals surface area contributed by atoms with Gasteiger partial charge in [0.2, 0.25) is 5.69 Å². The fraction of sp³-hybridized carbons (Fsp3) is 0.421. The highest BCUT2D eigenvalue weighted by Crippen LogP contribution is 2.43. The maximum atomic E-state index is 10.9. The molecule has 128 valence electrons. The van der Waals surface area contributed by atoms with Crippen LogP contribution in [-0.4, -0.2) is 35.6 Å². The summed E-state index contributed by atoms with van der Waals surface area (Å²) in [6, 6.07) is 10.6. The van der Waals surface area contributed by atoms with E-state index in [9.17, 15) is 13.0 Å². The molecule has 3 rings (SSSR count). The van der Waals surface area contributed by atoms with Crippen LogP contribution in [0.2, 0.25) is 0 Å². The van der Waals surface area contributed by atoms with Gasteiger partial charge in [-0.25, -0.2) is 8.42 Å². The predicted molar refractivity (Wildman–Crippen MR) is 96.2 cm³/mol. The highest BCUT2D eigenvalue weighted by molar-refractivity contribution is 7.85. The largest absolute Gasteiger partial charge is 0.748 e. The van der Waals surface area contributed by atoms with Crippen LogP contribution in [0, 0.1) is 0 Å². The molecule has 0 aliphatic carbocycles. The van der Waals surface area contributed by atoms with E-state index in [2.05, 4.69) is 0 Å². The zero-order chi connectivity index (χ0) is 22.5. The van der Waals surface area contributed by atoms with Crippen molar-refractivity contribution in [3.05, 3.63) is 42.0 Å². The van der Waals surface area contributed by atoms with Gasteiger partial charge in [-0.05, 0) is 37.0 Å². The van der Waals surface area contributed by atoms with Gasteiger partial charge in [-0.15, -0.1) is 0 Å². The number of unbranched alkanes of at least 4 members (excludes halogenated alkanes) is 1. The monoisotopic (exact) mass is 351 g/mol. The van der Waals surface area contributed by atoms with E-state index in [0.717, 1.165) is 5.39 Å². The van der Waals surface area contributed by atoms with Crippen molar-refractivity contribution in [3.63, 3.8) is 0 Å². The second kappa shape index (κ2) is 5.97. The van der Waals surface area contributed by atoms with Gasteiger partial charge in [-0.2, -0.15) is 4.58 Å². The lowest BCUT2D eigenvalue weighted by atomic mass is 9.80. The Morgan fingerprint density at radius 2 is 1.92 bits per heavy atom. The Labute approximate surface area is 152 Å². The SMILES string of the molecule is [2H]C([2H])([2H])C1(C([2H])([2H])[2H])C(C)=[N+](CCCCS(=O)(=O)[O-])c2ccc3ccccc3c21. The van der Waals surface area contributed by atoms with Crippen LogP contribution in [0.5, 0.6) is 0 Å². The summed E-state index contributed by atoms with van der Waals surface area (Å²) in [6.45, 7) is -3.99. The summed E-state index contributed by atoms with van der Waals surface area (Å²) in [6.07, 6.45) is 0.399. The van der Waals surface area contributed by atoms with Crippen LogP contribution < -0.4 is 0 Å². The minimum absolute atomic E-state index is 0.104. The molecule has 0 saturated carbocycles. The lowest BCUT2D eigenvalue weighted by molar-refractivity contribution is -0.439. The van der Waals surface area contributed by atoms with E-state index in [-0.39, 0.29) is 24.2 Å². The summed E-state index contributed by atoms with van der Waals surface area (Å²) >= 11 is 0. The van der Waals surface area contributed by atoms with Crippen LogP contribution in [0.1, 0.15) is 47.3 Å². The van der Waals surface area contributed by atoms with Gasteiger partial charge in [-0.3, -0.25) is 0 Å². The summed E-state index contributed by atoms with van der Waals surface area (Å²) < 4.78 is 83.8. The van der Waals surface area contributed by atoms with Gasteiger partial charge in [0, 0.05) is 39.0 Å². The smallest absolute Gasteiger partial charge is 0.210 e. The maximum Gasteiger partial charge on any atom is 0.210 e. The Kier molecular flexibility index (Phi) is 2.74. The minimum atomic E-state index is -4.35. The quantitative estimate of drug-likeness (QED) is 0.470. The first-order chi connectivity index (χ1) is 13.7. The average Bonchev–Trinajstić information content (AvgIpc) is 2.86. The van der Waals surface area contributed by atoms with Crippen molar-refractivity contribution in [1.82, 2.24) is 0 Å². The van der Waals surface area contributed by atoms with E-state index in [0.29, 0.717) is 17.5 Å². The van der Waals surface area contributed by atoms with Gasteiger partial charge in [-0.1, -0.05) is 24.3 Å². The topological polar surface area (TPSA) is 60.2 Å². The van der Waals surface area contributed by atoms with Crippen LogP contribution in [0.25, 0.3) is 10.8 Å². The average molecular weight is 352 g/mol. The number of nitrogens with zero attached hydrogens (tertiary/aromatic N) is 1. The van der Waals surface area contributed by atoms with Gasteiger partial charge in [0.15, 0.2) is 5.71 Å². The Hall–Kier alpha value is -1.72. The van der Waals surface area contributed by atoms with Crippen molar-refractivity contribution >= 4 is 32.3 Å². The number of fused-ring (bicyclic) bond motifs is 3. The van der Waals surface area contributed by atoms with Crippen LogP contribution >= 0.6 is 0 Å². The zero-order valence-electron chi connectivity index (χ0n) is 19.4. The highest BCUT2D eigenvalue weighted by Gasteiger charge is 2.43. The summed E-state index contributed by atoms with van der Waals surface area (Å²) in [5.41, 5.74) is -1.28. The fourth-order valence-corrected chi connectivity index (χ4v) is 3.84. The van der Waals surface area contributed by atoms with Crippen molar-refractivity contribution in [1.29, 1.82) is 0 Å². The van der Waals surface area contributed by atoms with Crippen LogP contribution in [0.3, 0.4) is 0 Å². The molecule has 0 bridgehead atoms. The van der Waals surface area contributed by atoms with Crippen LogP contribution in [-0.2, 0) is 15.5 Å². The molecule has 0 amide bonds. The predicted octanol–water partition coefficient (Wildman–Crippen LogP) is 3.56. The molecule has 1 heterocycles. The standard InChI is InChI=1S/C19H23NO3S/c1-14-19(2,3)18-16-9-5-4-8-15(16)10-11-17(18)20(14)12-6-7-13-24(21,22)23/h4-5,8-11H,6-7,12-13H2,1-3H3/i2D3,3D3. The Morgan fingerprint density at radius 1 is 1.17 bits per heavy atom. The third-order valence-electron chi connectivity index (χ3n) is 4.55. The molecular formula is C19H23NO3S. The number of rotatable bonds is 5. The molecule has 0 atom stereocenters. The van der Waals surface area contributed by atoms with E-state index in [1.54, 1.807) is 34.9 Å². The van der Waals surface area contributed by atoms with Crippen molar-refractivity contribution in [2.24, 2.45) is 0 Å². The first-order valence-electron chi connectivity index (χ1n) is 10.8. The molecule has 1 aliphatic rings. The summed E-state index contributed by atoms with van der Waals surface area (Å²) in [7, 11) is -4.35. The maximum absolute atomic E-state index is 10.9. The Bertz CT molecular complexity index is 1110. The van der Waals surface area contributed by atoms with Crippen LogP contribution in [0.15, 0.2) is 36.4 Å². The molecular weight excluding hydrogens is 322 g/mol. The Balaban J connectivity index is 2.25. The van der Waals surface area contributed by atoms with Crippen molar-refractivity contribution in [2.45, 2.75) is 38.9 Å². The van der Waals surface area contributed by atoms with E-state index in [4.69, 9.17) is 8.22 Å².